The number of hydrogen-bond acceptors (Lipinski definition) is 5. The Balaban J connectivity index is 2.17. The predicted molar refractivity (Wildman–Crippen MR) is 96.0 cm³/mol. The quantitative estimate of drug-likeness (QED) is 0.487. The monoisotopic (exact) mass is 356 g/mol. The maximum Gasteiger partial charge on any atom is 0.328 e. The van der Waals surface area contributed by atoms with Crippen molar-refractivity contribution in [1.82, 2.24) is 5.32 Å². The highest BCUT2D eigenvalue weighted by molar-refractivity contribution is 5.97. The van der Waals surface area contributed by atoms with E-state index in [1.165, 1.54) is 19.2 Å². The number of carbonyl (C=O) groups is 2. The van der Waals surface area contributed by atoms with E-state index in [0.717, 1.165) is 11.1 Å². The van der Waals surface area contributed by atoms with Crippen molar-refractivity contribution < 1.29 is 19.2 Å². The number of nitrogens with zero attached hydrogens (tertiary/aromatic N) is 1. The number of rotatable bonds is 6. The van der Waals surface area contributed by atoms with Crippen LogP contribution in [0.2, 0.25) is 0 Å². The molecule has 0 spiro atoms. The molecule has 0 saturated heterocycles. The highest BCUT2D eigenvalue weighted by Gasteiger charge is 2.23. The smallest absolute Gasteiger partial charge is 0.328 e. The van der Waals surface area contributed by atoms with Crippen molar-refractivity contribution in [3.63, 3.8) is 0 Å². The molecule has 7 heteroatoms. The molecule has 7 nitrogen and oxygen atoms in total. The van der Waals surface area contributed by atoms with Crippen LogP contribution in [-0.2, 0) is 16.0 Å². The Kier molecular flexibility index (Phi) is 6.06. The molecule has 1 atom stereocenters. The first kappa shape index (κ1) is 19.1. The van der Waals surface area contributed by atoms with Crippen LogP contribution in [0.3, 0.4) is 0 Å². The summed E-state index contributed by atoms with van der Waals surface area (Å²) in [6, 6.07) is 10.4. The number of nitro groups is 1. The van der Waals surface area contributed by atoms with Crippen LogP contribution in [-0.4, -0.2) is 30.0 Å². The van der Waals surface area contributed by atoms with Gasteiger partial charge in [0.1, 0.15) is 6.04 Å². The summed E-state index contributed by atoms with van der Waals surface area (Å²) in [6.07, 6.45) is 0.168. The topological polar surface area (TPSA) is 98.5 Å². The molecule has 1 amide bonds. The Labute approximate surface area is 151 Å². The lowest BCUT2D eigenvalue weighted by atomic mass is 10.0. The first-order valence-electron chi connectivity index (χ1n) is 8.00. The molecule has 0 fully saturated rings. The number of amides is 1. The lowest BCUT2D eigenvalue weighted by Crippen LogP contribution is -2.43. The molecule has 2 aromatic carbocycles. The van der Waals surface area contributed by atoms with Crippen molar-refractivity contribution in [2.24, 2.45) is 0 Å². The third-order valence-corrected chi connectivity index (χ3v) is 3.86. The summed E-state index contributed by atoms with van der Waals surface area (Å²) in [7, 11) is 1.24. The summed E-state index contributed by atoms with van der Waals surface area (Å²) >= 11 is 0. The van der Waals surface area contributed by atoms with Gasteiger partial charge in [-0.05, 0) is 31.5 Å². The van der Waals surface area contributed by atoms with Crippen molar-refractivity contribution >= 4 is 17.6 Å². The van der Waals surface area contributed by atoms with Crippen LogP contribution in [0.1, 0.15) is 27.0 Å². The van der Waals surface area contributed by atoms with Crippen molar-refractivity contribution in [1.29, 1.82) is 0 Å². The van der Waals surface area contributed by atoms with E-state index in [9.17, 15) is 19.7 Å². The molecule has 2 aromatic rings. The highest BCUT2D eigenvalue weighted by atomic mass is 16.6. The second kappa shape index (κ2) is 8.24. The van der Waals surface area contributed by atoms with Gasteiger partial charge in [0.15, 0.2) is 0 Å². The van der Waals surface area contributed by atoms with Crippen molar-refractivity contribution in [2.75, 3.05) is 7.11 Å². The molecule has 0 aliphatic heterocycles. The standard InChI is InChI=1S/C19H20N2O5/c1-12-8-13(2)10-15(9-12)18(22)20-17(19(23)26-3)11-14-4-6-16(7-5-14)21(24)25/h4-10,17H,11H2,1-3H3,(H,20,22)/t17-/m0/s1. The first-order chi connectivity index (χ1) is 12.3. The zero-order valence-corrected chi connectivity index (χ0v) is 14.8. The average molecular weight is 356 g/mol. The number of esters is 1. The maximum absolute atomic E-state index is 12.5. The maximum atomic E-state index is 12.5. The number of nitro benzene ring substituents is 1. The van der Waals surface area contributed by atoms with Crippen molar-refractivity contribution in [3.8, 4) is 0 Å². The van der Waals surface area contributed by atoms with Crippen LogP contribution < -0.4 is 5.32 Å². The molecular formula is C19H20N2O5. The van der Waals surface area contributed by atoms with Crippen LogP contribution in [0.5, 0.6) is 0 Å². The van der Waals surface area contributed by atoms with Crippen LogP contribution in [0.25, 0.3) is 0 Å². The minimum Gasteiger partial charge on any atom is -0.467 e. The van der Waals surface area contributed by atoms with Gasteiger partial charge in [0, 0.05) is 24.1 Å². The van der Waals surface area contributed by atoms with Gasteiger partial charge in [-0.15, -0.1) is 0 Å². The largest absolute Gasteiger partial charge is 0.467 e. The van der Waals surface area contributed by atoms with Gasteiger partial charge >= 0.3 is 5.97 Å². The Hall–Kier alpha value is -3.22. The normalized spacial score (nSPS) is 11.5. The molecule has 0 bridgehead atoms. The summed E-state index contributed by atoms with van der Waals surface area (Å²) in [6.45, 7) is 3.77. The molecule has 0 aromatic heterocycles. The molecule has 26 heavy (non-hydrogen) atoms. The molecule has 0 aliphatic rings. The summed E-state index contributed by atoms with van der Waals surface area (Å²) < 4.78 is 4.77. The van der Waals surface area contributed by atoms with Crippen LogP contribution in [0.15, 0.2) is 42.5 Å². The lowest BCUT2D eigenvalue weighted by Gasteiger charge is -2.17. The fourth-order valence-corrected chi connectivity index (χ4v) is 2.67. The molecule has 0 unspecified atom stereocenters. The van der Waals surface area contributed by atoms with Crippen LogP contribution in [0, 0.1) is 24.0 Å². The third kappa shape index (κ3) is 4.89. The number of benzene rings is 2. The zero-order chi connectivity index (χ0) is 19.3. The highest BCUT2D eigenvalue weighted by Crippen LogP contribution is 2.14. The SMILES string of the molecule is COC(=O)[C@H](Cc1ccc([N+](=O)[O-])cc1)NC(=O)c1cc(C)cc(C)c1. The van der Waals surface area contributed by atoms with E-state index in [0.29, 0.717) is 11.1 Å². The summed E-state index contributed by atoms with van der Waals surface area (Å²) in [5, 5.41) is 13.4. The minimum atomic E-state index is -0.894. The summed E-state index contributed by atoms with van der Waals surface area (Å²) in [5.41, 5.74) is 2.98. The third-order valence-electron chi connectivity index (χ3n) is 3.86. The Morgan fingerprint density at radius 1 is 1.12 bits per heavy atom. The van der Waals surface area contributed by atoms with Gasteiger partial charge in [0.05, 0.1) is 12.0 Å². The van der Waals surface area contributed by atoms with Crippen molar-refractivity contribution in [2.45, 2.75) is 26.3 Å². The van der Waals surface area contributed by atoms with Gasteiger partial charge in [-0.3, -0.25) is 14.9 Å². The second-order valence-corrected chi connectivity index (χ2v) is 6.05. The number of non-ortho nitro benzene ring substituents is 1. The van der Waals surface area contributed by atoms with E-state index in [-0.39, 0.29) is 18.0 Å². The molecule has 1 N–H and O–H groups in total. The number of methoxy groups -OCH3 is 1. The number of nitrogens with one attached hydrogen (secondary N) is 1. The van der Waals surface area contributed by atoms with Gasteiger partial charge in [0.2, 0.25) is 0 Å². The van der Waals surface area contributed by atoms with Gasteiger partial charge in [0.25, 0.3) is 11.6 Å². The van der Waals surface area contributed by atoms with E-state index >= 15 is 0 Å². The number of ether oxygens (including phenoxy) is 1. The minimum absolute atomic E-state index is 0.0392. The Morgan fingerprint density at radius 3 is 2.19 bits per heavy atom. The predicted octanol–water partition coefficient (Wildman–Crippen LogP) is 2.73. The van der Waals surface area contributed by atoms with E-state index in [1.54, 1.807) is 24.3 Å². The Morgan fingerprint density at radius 2 is 1.69 bits per heavy atom. The fraction of sp³-hybridized carbons (Fsp3) is 0.263. The first-order valence-corrected chi connectivity index (χ1v) is 8.00. The summed E-state index contributed by atoms with van der Waals surface area (Å²) in [5.74, 6) is -0.963. The summed E-state index contributed by atoms with van der Waals surface area (Å²) in [4.78, 5) is 34.8. The van der Waals surface area contributed by atoms with E-state index in [1.807, 2.05) is 19.9 Å². The van der Waals surface area contributed by atoms with Gasteiger partial charge in [-0.2, -0.15) is 0 Å². The van der Waals surface area contributed by atoms with Crippen LogP contribution >= 0.6 is 0 Å². The molecule has 136 valence electrons. The molecular weight excluding hydrogens is 336 g/mol. The van der Waals surface area contributed by atoms with Gasteiger partial charge in [-0.1, -0.05) is 29.3 Å². The van der Waals surface area contributed by atoms with E-state index < -0.39 is 16.9 Å². The Bertz CT molecular complexity index is 810. The second-order valence-electron chi connectivity index (χ2n) is 6.05. The molecule has 2 rings (SSSR count). The van der Waals surface area contributed by atoms with Crippen LogP contribution in [0.4, 0.5) is 5.69 Å². The zero-order valence-electron chi connectivity index (χ0n) is 14.8. The number of hydrogen-bond donors (Lipinski definition) is 1. The van der Waals surface area contributed by atoms with Gasteiger partial charge in [-0.25, -0.2) is 4.79 Å². The molecule has 0 aliphatic carbocycles. The van der Waals surface area contributed by atoms with E-state index in [2.05, 4.69) is 5.32 Å². The van der Waals surface area contributed by atoms with E-state index in [4.69, 9.17) is 4.74 Å². The molecule has 0 saturated carbocycles. The molecule has 0 radical (unpaired) electrons. The van der Waals surface area contributed by atoms with Crippen molar-refractivity contribution in [3.05, 3.63) is 74.8 Å². The van der Waals surface area contributed by atoms with Gasteiger partial charge < -0.3 is 10.1 Å². The average Bonchev–Trinajstić information content (AvgIpc) is 2.60. The number of aryl methyl sites for hydroxylation is 2. The molecule has 0 heterocycles. The fourth-order valence-electron chi connectivity index (χ4n) is 2.67. The lowest BCUT2D eigenvalue weighted by molar-refractivity contribution is -0.384. The number of carbonyl (C=O) groups excluding carboxylic acids is 2.